The molecule has 0 saturated carbocycles. The van der Waals surface area contributed by atoms with Crippen molar-refractivity contribution in [3.05, 3.63) is 60.4 Å². The highest BCUT2D eigenvalue weighted by molar-refractivity contribution is 5.96. The van der Waals surface area contributed by atoms with E-state index in [2.05, 4.69) is 15.7 Å². The number of pyridine rings is 1. The van der Waals surface area contributed by atoms with E-state index >= 15 is 0 Å². The highest BCUT2D eigenvalue weighted by Crippen LogP contribution is 2.33. The number of para-hydroxylation sites is 1. The molecule has 2 fully saturated rings. The second-order valence-electron chi connectivity index (χ2n) is 5.77. The molecule has 3 unspecified atom stereocenters. The van der Waals surface area contributed by atoms with Crippen molar-refractivity contribution < 1.29 is 4.79 Å². The molecule has 2 N–H and O–H groups in total. The number of fused-ring (bicyclic) bond motifs is 1. The van der Waals surface area contributed by atoms with Crippen LogP contribution in [0.25, 0.3) is 0 Å². The van der Waals surface area contributed by atoms with Gasteiger partial charge in [0.2, 0.25) is 5.91 Å². The van der Waals surface area contributed by atoms with Crippen molar-refractivity contribution >= 4 is 11.6 Å². The zero-order valence-corrected chi connectivity index (χ0v) is 12.1. The quantitative estimate of drug-likeness (QED) is 0.889. The third-order valence-electron chi connectivity index (χ3n) is 4.41. The molecule has 0 radical (unpaired) electrons. The molecule has 0 spiro atoms. The first-order valence-electron chi connectivity index (χ1n) is 7.65. The van der Waals surface area contributed by atoms with Gasteiger partial charge in [-0.3, -0.25) is 15.1 Å². The van der Waals surface area contributed by atoms with Crippen molar-refractivity contribution in [1.82, 2.24) is 15.7 Å². The van der Waals surface area contributed by atoms with E-state index in [1.807, 2.05) is 54.7 Å². The number of rotatable bonds is 2. The fourth-order valence-corrected chi connectivity index (χ4v) is 3.29. The summed E-state index contributed by atoms with van der Waals surface area (Å²) in [5.41, 5.74) is 5.23. The smallest absolute Gasteiger partial charge is 0.247 e. The third-order valence-corrected chi connectivity index (χ3v) is 4.41. The number of hydrogen-bond donors (Lipinski definition) is 2. The monoisotopic (exact) mass is 294 g/mol. The Bertz CT molecular complexity index is 661. The average Bonchev–Trinajstić information content (AvgIpc) is 2.93. The summed E-state index contributed by atoms with van der Waals surface area (Å²) >= 11 is 0. The Balaban J connectivity index is 1.53. The molecule has 3 heterocycles. The first-order valence-corrected chi connectivity index (χ1v) is 7.65. The zero-order valence-electron chi connectivity index (χ0n) is 12.1. The van der Waals surface area contributed by atoms with Gasteiger partial charge in [-0.2, -0.15) is 0 Å². The second kappa shape index (κ2) is 5.51. The molecule has 5 heteroatoms. The highest BCUT2D eigenvalue weighted by Gasteiger charge is 2.44. The first-order chi connectivity index (χ1) is 10.8. The van der Waals surface area contributed by atoms with Gasteiger partial charge in [0.1, 0.15) is 0 Å². The summed E-state index contributed by atoms with van der Waals surface area (Å²) in [7, 11) is 0. The number of carbonyl (C=O) groups excluding carboxylic acids is 1. The van der Waals surface area contributed by atoms with Crippen LogP contribution in [0.1, 0.15) is 24.6 Å². The summed E-state index contributed by atoms with van der Waals surface area (Å²) in [5.74, 6) is 0.128. The zero-order chi connectivity index (χ0) is 14.9. The SMILES string of the molecule is O=C1C2CCC(c3ccccn3)NC2NN1c1ccccc1. The van der Waals surface area contributed by atoms with Gasteiger partial charge >= 0.3 is 0 Å². The Kier molecular flexibility index (Phi) is 3.36. The van der Waals surface area contributed by atoms with Crippen molar-refractivity contribution in [2.24, 2.45) is 5.92 Å². The number of aromatic nitrogens is 1. The van der Waals surface area contributed by atoms with Gasteiger partial charge < -0.3 is 0 Å². The topological polar surface area (TPSA) is 57.3 Å². The Morgan fingerprint density at radius 2 is 1.86 bits per heavy atom. The van der Waals surface area contributed by atoms with Crippen LogP contribution in [-0.4, -0.2) is 17.1 Å². The molecule has 0 bridgehead atoms. The summed E-state index contributed by atoms with van der Waals surface area (Å²) in [4.78, 5) is 17.0. The molecule has 1 aromatic heterocycles. The van der Waals surface area contributed by atoms with Crippen molar-refractivity contribution in [3.8, 4) is 0 Å². The Hall–Kier alpha value is -2.24. The number of hydrazine groups is 1. The minimum absolute atomic E-state index is 0.0137. The van der Waals surface area contributed by atoms with Crippen molar-refractivity contribution in [3.63, 3.8) is 0 Å². The minimum Gasteiger partial charge on any atom is -0.291 e. The van der Waals surface area contributed by atoms with Gasteiger partial charge in [0.05, 0.1) is 29.5 Å². The molecule has 2 aliphatic heterocycles. The summed E-state index contributed by atoms with van der Waals surface area (Å²) in [6.07, 6.45) is 3.57. The normalized spacial score (nSPS) is 27.7. The molecule has 5 nitrogen and oxygen atoms in total. The van der Waals surface area contributed by atoms with Crippen LogP contribution in [0.2, 0.25) is 0 Å². The average molecular weight is 294 g/mol. The maximum Gasteiger partial charge on any atom is 0.247 e. The van der Waals surface area contributed by atoms with Crippen LogP contribution in [0.15, 0.2) is 54.7 Å². The molecular formula is C17H18N4O. The van der Waals surface area contributed by atoms with Gasteiger partial charge in [0.25, 0.3) is 0 Å². The number of carbonyl (C=O) groups is 1. The lowest BCUT2D eigenvalue weighted by Crippen LogP contribution is -2.49. The van der Waals surface area contributed by atoms with Crippen LogP contribution >= 0.6 is 0 Å². The molecule has 22 heavy (non-hydrogen) atoms. The predicted molar refractivity (Wildman–Crippen MR) is 83.7 cm³/mol. The lowest BCUT2D eigenvalue weighted by atomic mass is 9.90. The van der Waals surface area contributed by atoms with Crippen LogP contribution < -0.4 is 15.8 Å². The lowest BCUT2D eigenvalue weighted by Gasteiger charge is -2.31. The molecular weight excluding hydrogens is 276 g/mol. The van der Waals surface area contributed by atoms with Gasteiger partial charge in [-0.25, -0.2) is 10.4 Å². The lowest BCUT2D eigenvalue weighted by molar-refractivity contribution is -0.121. The van der Waals surface area contributed by atoms with Crippen LogP contribution in [0, 0.1) is 5.92 Å². The van der Waals surface area contributed by atoms with Gasteiger partial charge in [-0.15, -0.1) is 0 Å². The van der Waals surface area contributed by atoms with E-state index in [9.17, 15) is 4.79 Å². The van der Waals surface area contributed by atoms with Crippen LogP contribution in [0.5, 0.6) is 0 Å². The fraction of sp³-hybridized carbons (Fsp3) is 0.294. The maximum atomic E-state index is 12.6. The van der Waals surface area contributed by atoms with E-state index < -0.39 is 0 Å². The molecule has 4 rings (SSSR count). The van der Waals surface area contributed by atoms with Crippen molar-refractivity contribution in [2.45, 2.75) is 25.0 Å². The third kappa shape index (κ3) is 2.28. The molecule has 2 aliphatic rings. The van der Waals surface area contributed by atoms with Crippen molar-refractivity contribution in [2.75, 3.05) is 5.01 Å². The van der Waals surface area contributed by atoms with E-state index in [0.29, 0.717) is 0 Å². The Labute approximate surface area is 129 Å². The Morgan fingerprint density at radius 1 is 1.05 bits per heavy atom. The molecule has 1 amide bonds. The minimum atomic E-state index is -0.0338. The number of nitrogens with one attached hydrogen (secondary N) is 2. The fourth-order valence-electron chi connectivity index (χ4n) is 3.29. The van der Waals surface area contributed by atoms with Crippen LogP contribution in [-0.2, 0) is 4.79 Å². The largest absolute Gasteiger partial charge is 0.291 e. The van der Waals surface area contributed by atoms with Gasteiger partial charge in [-0.05, 0) is 37.1 Å². The number of amides is 1. The molecule has 0 aliphatic carbocycles. The number of hydrogen-bond acceptors (Lipinski definition) is 4. The van der Waals surface area contributed by atoms with E-state index in [4.69, 9.17) is 0 Å². The van der Waals surface area contributed by atoms with Crippen LogP contribution in [0.4, 0.5) is 5.69 Å². The van der Waals surface area contributed by atoms with E-state index in [1.165, 1.54) is 0 Å². The summed E-state index contributed by atoms with van der Waals surface area (Å²) in [5, 5.41) is 5.20. The molecule has 1 aromatic carbocycles. The Morgan fingerprint density at radius 3 is 2.64 bits per heavy atom. The second-order valence-corrected chi connectivity index (χ2v) is 5.77. The first kappa shape index (κ1) is 13.4. The van der Waals surface area contributed by atoms with Gasteiger partial charge in [0, 0.05) is 6.20 Å². The van der Waals surface area contributed by atoms with E-state index in [-0.39, 0.29) is 24.0 Å². The standard InChI is InChI=1S/C17H18N4O/c22-17-13-9-10-15(14-8-4-5-11-18-14)19-16(13)20-21(17)12-6-2-1-3-7-12/h1-8,11,13,15-16,19-20H,9-10H2. The summed E-state index contributed by atoms with van der Waals surface area (Å²) in [6, 6.07) is 15.9. The predicted octanol–water partition coefficient (Wildman–Crippen LogP) is 2.00. The summed E-state index contributed by atoms with van der Waals surface area (Å²) < 4.78 is 0. The van der Waals surface area contributed by atoms with Crippen molar-refractivity contribution in [1.29, 1.82) is 0 Å². The number of piperidine rings is 1. The maximum absolute atomic E-state index is 12.6. The number of anilines is 1. The van der Waals surface area contributed by atoms with Gasteiger partial charge in [0.15, 0.2) is 0 Å². The molecule has 112 valence electrons. The molecule has 3 atom stereocenters. The van der Waals surface area contributed by atoms with Crippen LogP contribution in [0.3, 0.4) is 0 Å². The van der Waals surface area contributed by atoms with E-state index in [1.54, 1.807) is 5.01 Å². The number of nitrogens with zero attached hydrogens (tertiary/aromatic N) is 2. The highest BCUT2D eigenvalue weighted by atomic mass is 16.2. The van der Waals surface area contributed by atoms with Gasteiger partial charge in [-0.1, -0.05) is 24.3 Å². The molecule has 2 saturated heterocycles. The number of benzene rings is 1. The summed E-state index contributed by atoms with van der Waals surface area (Å²) in [6.45, 7) is 0. The van der Waals surface area contributed by atoms with E-state index in [0.717, 1.165) is 24.2 Å². The molecule has 2 aromatic rings.